The lowest BCUT2D eigenvalue weighted by Crippen LogP contribution is -2.33. The fourth-order valence-electron chi connectivity index (χ4n) is 4.18. The van der Waals surface area contributed by atoms with Crippen LogP contribution in [0.3, 0.4) is 0 Å². The second kappa shape index (κ2) is 11.1. The van der Waals surface area contributed by atoms with E-state index in [1.54, 1.807) is 12.3 Å². The Balaban J connectivity index is 1.24. The minimum absolute atomic E-state index is 0.00781. The number of aliphatic carboxylic acids is 1. The normalized spacial score (nSPS) is 12.9. The summed E-state index contributed by atoms with van der Waals surface area (Å²) in [5.41, 5.74) is 5.21. The van der Waals surface area contributed by atoms with E-state index in [0.717, 1.165) is 11.1 Å². The molecule has 1 aliphatic carbocycles. The molecule has 0 bridgehead atoms. The summed E-state index contributed by atoms with van der Waals surface area (Å²) in [5.74, 6) is -1.83. The number of rotatable bonds is 10. The number of alkyl carbamates (subject to hydrolysis) is 1. The molecule has 8 nitrogen and oxygen atoms in total. The average molecular weight is 494 g/mol. The first kappa shape index (κ1) is 24.4. The lowest BCUT2D eigenvalue weighted by molar-refractivity contribution is -0.141. The van der Waals surface area contributed by atoms with Crippen LogP contribution in [-0.2, 0) is 27.3 Å². The number of nitrogens with one attached hydrogen (secondary N) is 2. The van der Waals surface area contributed by atoms with Crippen molar-refractivity contribution in [3.8, 4) is 11.1 Å². The van der Waals surface area contributed by atoms with E-state index >= 15 is 0 Å². The highest BCUT2D eigenvalue weighted by Crippen LogP contribution is 2.44. The molecule has 4 rings (SSSR count). The largest absolute Gasteiger partial charge is 0.481 e. The highest BCUT2D eigenvalue weighted by atomic mass is 32.1. The van der Waals surface area contributed by atoms with Crippen LogP contribution in [0.15, 0.2) is 53.9 Å². The van der Waals surface area contributed by atoms with E-state index in [1.807, 2.05) is 24.3 Å². The minimum atomic E-state index is -0.928. The Hall–Kier alpha value is -3.72. The quantitative estimate of drug-likeness (QED) is 0.394. The maximum absolute atomic E-state index is 12.3. The van der Waals surface area contributed by atoms with Crippen molar-refractivity contribution in [2.45, 2.75) is 32.2 Å². The van der Waals surface area contributed by atoms with Gasteiger partial charge in [-0.3, -0.25) is 9.59 Å². The van der Waals surface area contributed by atoms with Gasteiger partial charge in [-0.05, 0) is 28.7 Å². The van der Waals surface area contributed by atoms with Gasteiger partial charge in [-0.2, -0.15) is 0 Å². The van der Waals surface area contributed by atoms with Crippen molar-refractivity contribution in [1.29, 1.82) is 0 Å². The molecule has 1 atom stereocenters. The topological polar surface area (TPSA) is 118 Å². The number of ether oxygens (including phenoxy) is 1. The molecule has 1 aliphatic rings. The molecule has 2 aromatic carbocycles. The maximum Gasteiger partial charge on any atom is 0.407 e. The number of aromatic nitrogens is 1. The smallest absolute Gasteiger partial charge is 0.407 e. The summed E-state index contributed by atoms with van der Waals surface area (Å²) in [6, 6.07) is 16.3. The van der Waals surface area contributed by atoms with E-state index in [2.05, 4.69) is 39.9 Å². The Morgan fingerprint density at radius 2 is 1.71 bits per heavy atom. The summed E-state index contributed by atoms with van der Waals surface area (Å²) < 4.78 is 5.53. The molecule has 3 N–H and O–H groups in total. The standard InChI is InChI=1S/C26H27N3O5S/c1-2-16(25(31)32)12-27-23(30)11-17-15-35-24(29-17)13-28-26(33)34-14-22-20-9-5-3-7-18(20)19-8-4-6-10-21(19)22/h3-10,15-16,22H,2,11-14H2,1H3,(H,27,30)(H,28,33)(H,31,32). The molecule has 0 saturated heterocycles. The van der Waals surface area contributed by atoms with E-state index < -0.39 is 18.0 Å². The Morgan fingerprint density at radius 1 is 1.06 bits per heavy atom. The number of amides is 2. The Morgan fingerprint density at radius 3 is 2.34 bits per heavy atom. The van der Waals surface area contributed by atoms with Crippen molar-refractivity contribution in [3.63, 3.8) is 0 Å². The average Bonchev–Trinajstić information content (AvgIpc) is 3.43. The molecule has 0 aliphatic heterocycles. The third kappa shape index (κ3) is 5.86. The molecular weight excluding hydrogens is 466 g/mol. The first-order valence-electron chi connectivity index (χ1n) is 11.5. The van der Waals surface area contributed by atoms with E-state index in [1.165, 1.54) is 22.5 Å². The molecule has 0 fully saturated rings. The monoisotopic (exact) mass is 493 g/mol. The van der Waals surface area contributed by atoms with E-state index in [0.29, 0.717) is 17.1 Å². The maximum atomic E-state index is 12.3. The molecule has 0 saturated carbocycles. The number of thiazole rings is 1. The number of carbonyl (C=O) groups is 3. The lowest BCUT2D eigenvalue weighted by atomic mass is 9.98. The van der Waals surface area contributed by atoms with Gasteiger partial charge < -0.3 is 20.5 Å². The van der Waals surface area contributed by atoms with E-state index in [4.69, 9.17) is 9.84 Å². The van der Waals surface area contributed by atoms with E-state index in [-0.39, 0.29) is 37.9 Å². The number of carboxylic acids is 1. The van der Waals surface area contributed by atoms with Gasteiger partial charge in [-0.1, -0.05) is 55.5 Å². The van der Waals surface area contributed by atoms with Crippen molar-refractivity contribution in [1.82, 2.24) is 15.6 Å². The molecule has 1 unspecified atom stereocenters. The second-order valence-electron chi connectivity index (χ2n) is 8.34. The first-order valence-corrected chi connectivity index (χ1v) is 12.4. The number of carboxylic acid groups (broad SMARTS) is 1. The minimum Gasteiger partial charge on any atom is -0.481 e. The van der Waals surface area contributed by atoms with Crippen LogP contribution in [0.25, 0.3) is 11.1 Å². The zero-order valence-corrected chi connectivity index (χ0v) is 20.1. The van der Waals surface area contributed by atoms with Gasteiger partial charge in [-0.15, -0.1) is 11.3 Å². The van der Waals surface area contributed by atoms with E-state index in [9.17, 15) is 14.4 Å². The van der Waals surface area contributed by atoms with Crippen LogP contribution in [0.2, 0.25) is 0 Å². The summed E-state index contributed by atoms with van der Waals surface area (Å²) >= 11 is 1.34. The van der Waals surface area contributed by atoms with Gasteiger partial charge in [0.05, 0.1) is 24.6 Å². The first-order chi connectivity index (χ1) is 17.0. The van der Waals surface area contributed by atoms with Gasteiger partial charge in [0, 0.05) is 17.8 Å². The van der Waals surface area contributed by atoms with Crippen LogP contribution in [0.5, 0.6) is 0 Å². The Kier molecular flexibility index (Phi) is 7.77. The molecule has 9 heteroatoms. The fraction of sp³-hybridized carbons (Fsp3) is 0.308. The molecule has 35 heavy (non-hydrogen) atoms. The molecule has 0 radical (unpaired) electrons. The van der Waals surface area contributed by atoms with Gasteiger partial charge in [0.25, 0.3) is 0 Å². The number of hydrogen-bond acceptors (Lipinski definition) is 6. The van der Waals surface area contributed by atoms with Crippen LogP contribution in [0.4, 0.5) is 4.79 Å². The molecular formula is C26H27N3O5S. The van der Waals surface area contributed by atoms with Gasteiger partial charge in [0.1, 0.15) is 11.6 Å². The number of carbonyl (C=O) groups excluding carboxylic acids is 2. The summed E-state index contributed by atoms with van der Waals surface area (Å²) in [7, 11) is 0. The van der Waals surface area contributed by atoms with Gasteiger partial charge in [-0.25, -0.2) is 9.78 Å². The highest BCUT2D eigenvalue weighted by molar-refractivity contribution is 7.09. The zero-order valence-electron chi connectivity index (χ0n) is 19.3. The van der Waals surface area contributed by atoms with Crippen LogP contribution in [0.1, 0.15) is 41.1 Å². The number of fused-ring (bicyclic) bond motifs is 3. The van der Waals surface area contributed by atoms with Gasteiger partial charge in [0.15, 0.2) is 0 Å². The summed E-state index contributed by atoms with van der Waals surface area (Å²) in [4.78, 5) is 39.9. The van der Waals surface area contributed by atoms with Crippen molar-refractivity contribution < 1.29 is 24.2 Å². The molecule has 2 amide bonds. The number of benzene rings is 2. The van der Waals surface area contributed by atoms with Crippen molar-refractivity contribution in [2.24, 2.45) is 5.92 Å². The fourth-order valence-corrected chi connectivity index (χ4v) is 4.91. The molecule has 0 spiro atoms. The zero-order chi connectivity index (χ0) is 24.8. The van der Waals surface area contributed by atoms with Crippen LogP contribution < -0.4 is 10.6 Å². The van der Waals surface area contributed by atoms with Crippen LogP contribution in [0, 0.1) is 5.92 Å². The van der Waals surface area contributed by atoms with Crippen molar-refractivity contribution in [2.75, 3.05) is 13.2 Å². The van der Waals surface area contributed by atoms with Gasteiger partial charge in [0.2, 0.25) is 5.91 Å². The Labute approximate surface area is 207 Å². The predicted octanol–water partition coefficient (Wildman–Crippen LogP) is 3.95. The Bertz CT molecular complexity index is 1180. The predicted molar refractivity (Wildman–Crippen MR) is 132 cm³/mol. The molecule has 1 heterocycles. The highest BCUT2D eigenvalue weighted by Gasteiger charge is 2.29. The number of hydrogen-bond donors (Lipinski definition) is 3. The van der Waals surface area contributed by atoms with Crippen LogP contribution in [-0.4, -0.2) is 41.2 Å². The third-order valence-electron chi connectivity index (χ3n) is 6.06. The van der Waals surface area contributed by atoms with Gasteiger partial charge >= 0.3 is 12.1 Å². The summed E-state index contributed by atoms with van der Waals surface area (Å²) in [6.45, 7) is 2.28. The second-order valence-corrected chi connectivity index (χ2v) is 9.28. The number of nitrogens with zero attached hydrogens (tertiary/aromatic N) is 1. The summed E-state index contributed by atoms with van der Waals surface area (Å²) in [6.07, 6.45) is -0.0317. The molecule has 1 aromatic heterocycles. The van der Waals surface area contributed by atoms with Crippen molar-refractivity contribution >= 4 is 29.3 Å². The third-order valence-corrected chi connectivity index (χ3v) is 6.95. The SMILES string of the molecule is CCC(CNC(=O)Cc1csc(CNC(=O)OCC2c3ccccc3-c3ccccc32)n1)C(=O)O. The lowest BCUT2D eigenvalue weighted by Gasteiger charge is -2.14. The molecule has 182 valence electrons. The molecule has 3 aromatic rings. The van der Waals surface area contributed by atoms with Crippen LogP contribution >= 0.6 is 11.3 Å². The van der Waals surface area contributed by atoms with Crippen molar-refractivity contribution in [3.05, 3.63) is 75.7 Å². The summed E-state index contributed by atoms with van der Waals surface area (Å²) in [5, 5.41) is 16.8.